The van der Waals surface area contributed by atoms with Crippen molar-refractivity contribution < 1.29 is 5.11 Å². The highest BCUT2D eigenvalue weighted by atomic mass is 35.5. The quantitative estimate of drug-likeness (QED) is 0.819. The molecule has 2 heteroatoms. The fraction of sp³-hybridized carbons (Fsp3) is 0.125. The first-order valence-electron chi connectivity index (χ1n) is 5.97. The molecule has 0 amide bonds. The van der Waals surface area contributed by atoms with Crippen molar-refractivity contribution in [3.05, 3.63) is 69.7 Å². The second-order valence-electron chi connectivity index (χ2n) is 4.47. The van der Waals surface area contributed by atoms with E-state index in [1.807, 2.05) is 30.3 Å². The Morgan fingerprint density at radius 1 is 0.944 bits per heavy atom. The molecule has 0 fully saturated rings. The van der Waals surface area contributed by atoms with E-state index < -0.39 is 0 Å². The first-order valence-corrected chi connectivity index (χ1v) is 6.34. The van der Waals surface area contributed by atoms with Gasteiger partial charge in [0.15, 0.2) is 0 Å². The summed E-state index contributed by atoms with van der Waals surface area (Å²) in [6.07, 6.45) is 4.15. The van der Waals surface area contributed by atoms with Crippen molar-refractivity contribution in [2.75, 3.05) is 6.61 Å². The van der Waals surface area contributed by atoms with Crippen LogP contribution in [0.15, 0.2) is 42.5 Å². The van der Waals surface area contributed by atoms with Gasteiger partial charge >= 0.3 is 0 Å². The molecule has 1 aliphatic carbocycles. The molecule has 0 radical (unpaired) electrons. The molecule has 0 aromatic heterocycles. The molecule has 1 nitrogen and oxygen atoms in total. The Morgan fingerprint density at radius 3 is 2.50 bits per heavy atom. The van der Waals surface area contributed by atoms with Gasteiger partial charge in [-0.05, 0) is 34.4 Å². The van der Waals surface area contributed by atoms with Crippen LogP contribution in [0, 0.1) is 0 Å². The molecule has 2 aromatic carbocycles. The van der Waals surface area contributed by atoms with Gasteiger partial charge in [0, 0.05) is 10.9 Å². The Kier molecular flexibility index (Phi) is 2.94. The molecule has 1 aliphatic rings. The largest absolute Gasteiger partial charge is 0.395 e. The van der Waals surface area contributed by atoms with E-state index in [1.165, 1.54) is 0 Å². The highest BCUT2D eigenvalue weighted by molar-refractivity contribution is 6.30. The van der Waals surface area contributed by atoms with Crippen LogP contribution >= 0.6 is 11.6 Å². The molecule has 0 saturated carbocycles. The lowest BCUT2D eigenvalue weighted by Gasteiger charge is -2.17. The molecule has 1 N–H and O–H groups in total. The van der Waals surface area contributed by atoms with E-state index in [4.69, 9.17) is 11.6 Å². The van der Waals surface area contributed by atoms with Gasteiger partial charge in [-0.2, -0.15) is 0 Å². The van der Waals surface area contributed by atoms with Crippen LogP contribution in [0.1, 0.15) is 28.2 Å². The van der Waals surface area contributed by atoms with Crippen molar-refractivity contribution >= 4 is 23.8 Å². The Balaban J connectivity index is 2.25. The molecule has 3 rings (SSSR count). The Labute approximate surface area is 111 Å². The third-order valence-corrected chi connectivity index (χ3v) is 3.66. The number of benzene rings is 2. The molecule has 0 aliphatic heterocycles. The predicted octanol–water partition coefficient (Wildman–Crippen LogP) is 3.95. The van der Waals surface area contributed by atoms with Gasteiger partial charge in [0.1, 0.15) is 0 Å². The van der Waals surface area contributed by atoms with Crippen LogP contribution in [0.3, 0.4) is 0 Å². The Bertz CT molecular complexity index is 616. The summed E-state index contributed by atoms with van der Waals surface area (Å²) in [5.41, 5.74) is 4.53. The standard InChI is InChI=1S/C16H13ClO/c17-13-7-8-15-12(9-13)6-5-11-3-1-2-4-14(11)16(15)10-18/h1-9,16,18H,10H2. The molecule has 1 unspecified atom stereocenters. The predicted molar refractivity (Wildman–Crippen MR) is 75.8 cm³/mol. The monoisotopic (exact) mass is 256 g/mol. The summed E-state index contributed by atoms with van der Waals surface area (Å²) < 4.78 is 0. The Morgan fingerprint density at radius 2 is 1.67 bits per heavy atom. The number of halogens is 1. The molecule has 0 heterocycles. The van der Waals surface area contributed by atoms with Gasteiger partial charge in [0.2, 0.25) is 0 Å². The summed E-state index contributed by atoms with van der Waals surface area (Å²) in [7, 11) is 0. The average Bonchev–Trinajstić information content (AvgIpc) is 2.55. The van der Waals surface area contributed by atoms with Crippen molar-refractivity contribution in [1.82, 2.24) is 0 Å². The van der Waals surface area contributed by atoms with Crippen LogP contribution in [-0.2, 0) is 0 Å². The molecule has 18 heavy (non-hydrogen) atoms. The number of aliphatic hydroxyl groups excluding tert-OH is 1. The second-order valence-corrected chi connectivity index (χ2v) is 4.91. The fourth-order valence-electron chi connectivity index (χ4n) is 2.53. The molecular weight excluding hydrogens is 244 g/mol. The van der Waals surface area contributed by atoms with E-state index in [-0.39, 0.29) is 12.5 Å². The van der Waals surface area contributed by atoms with E-state index in [0.717, 1.165) is 27.3 Å². The third-order valence-electron chi connectivity index (χ3n) is 3.42. The van der Waals surface area contributed by atoms with Gasteiger partial charge in [-0.3, -0.25) is 0 Å². The maximum Gasteiger partial charge on any atom is 0.0540 e. The molecule has 1 atom stereocenters. The number of rotatable bonds is 1. The summed E-state index contributed by atoms with van der Waals surface area (Å²) >= 11 is 6.04. The van der Waals surface area contributed by atoms with Gasteiger partial charge < -0.3 is 5.11 Å². The molecule has 2 aromatic rings. The summed E-state index contributed by atoms with van der Waals surface area (Å²) in [6, 6.07) is 14.0. The summed E-state index contributed by atoms with van der Waals surface area (Å²) in [6.45, 7) is 0.104. The lowest BCUT2D eigenvalue weighted by atomic mass is 9.88. The lowest BCUT2D eigenvalue weighted by Crippen LogP contribution is -2.08. The molecular formula is C16H13ClO. The van der Waals surface area contributed by atoms with Gasteiger partial charge in [0.25, 0.3) is 0 Å². The zero-order valence-electron chi connectivity index (χ0n) is 9.81. The first kappa shape index (κ1) is 11.5. The normalized spacial score (nSPS) is 16.9. The van der Waals surface area contributed by atoms with Crippen LogP contribution in [0.2, 0.25) is 5.02 Å². The number of aliphatic hydroxyl groups is 1. The number of hydrogen-bond acceptors (Lipinski definition) is 1. The van der Waals surface area contributed by atoms with Crippen molar-refractivity contribution in [1.29, 1.82) is 0 Å². The van der Waals surface area contributed by atoms with Crippen LogP contribution in [0.25, 0.3) is 12.2 Å². The van der Waals surface area contributed by atoms with Crippen molar-refractivity contribution in [3.8, 4) is 0 Å². The third kappa shape index (κ3) is 1.86. The van der Waals surface area contributed by atoms with E-state index in [0.29, 0.717) is 0 Å². The van der Waals surface area contributed by atoms with Crippen molar-refractivity contribution in [2.24, 2.45) is 0 Å². The van der Waals surface area contributed by atoms with Crippen LogP contribution in [-0.4, -0.2) is 11.7 Å². The highest BCUT2D eigenvalue weighted by Gasteiger charge is 2.20. The lowest BCUT2D eigenvalue weighted by molar-refractivity contribution is 0.280. The molecule has 0 spiro atoms. The van der Waals surface area contributed by atoms with Crippen LogP contribution in [0.5, 0.6) is 0 Å². The van der Waals surface area contributed by atoms with Crippen LogP contribution < -0.4 is 0 Å². The van der Waals surface area contributed by atoms with Crippen molar-refractivity contribution in [2.45, 2.75) is 5.92 Å². The van der Waals surface area contributed by atoms with E-state index in [9.17, 15) is 5.11 Å². The van der Waals surface area contributed by atoms with E-state index >= 15 is 0 Å². The maximum atomic E-state index is 9.72. The van der Waals surface area contributed by atoms with Gasteiger partial charge in [0.05, 0.1) is 6.61 Å². The maximum absolute atomic E-state index is 9.72. The average molecular weight is 257 g/mol. The SMILES string of the molecule is OCC1c2ccccc2C=Cc2cc(Cl)ccc21. The number of hydrogen-bond donors (Lipinski definition) is 1. The zero-order valence-corrected chi connectivity index (χ0v) is 10.6. The number of fused-ring (bicyclic) bond motifs is 2. The van der Waals surface area contributed by atoms with Gasteiger partial charge in [-0.1, -0.05) is 54.1 Å². The molecule has 0 saturated heterocycles. The minimum absolute atomic E-state index is 0.0171. The molecule has 90 valence electrons. The van der Waals surface area contributed by atoms with Crippen LogP contribution in [0.4, 0.5) is 0 Å². The van der Waals surface area contributed by atoms with Gasteiger partial charge in [-0.25, -0.2) is 0 Å². The first-order chi connectivity index (χ1) is 8.79. The molecule has 0 bridgehead atoms. The second kappa shape index (κ2) is 4.60. The minimum Gasteiger partial charge on any atom is -0.395 e. The summed E-state index contributed by atoms with van der Waals surface area (Å²) in [5.74, 6) is 0.0171. The van der Waals surface area contributed by atoms with E-state index in [1.54, 1.807) is 0 Å². The minimum atomic E-state index is 0.0171. The fourth-order valence-corrected chi connectivity index (χ4v) is 2.71. The topological polar surface area (TPSA) is 20.2 Å². The van der Waals surface area contributed by atoms with E-state index in [2.05, 4.69) is 24.3 Å². The van der Waals surface area contributed by atoms with Gasteiger partial charge in [-0.15, -0.1) is 0 Å². The van der Waals surface area contributed by atoms with Crippen molar-refractivity contribution in [3.63, 3.8) is 0 Å². The summed E-state index contributed by atoms with van der Waals surface area (Å²) in [5, 5.41) is 10.4. The highest BCUT2D eigenvalue weighted by Crippen LogP contribution is 2.35. The zero-order chi connectivity index (χ0) is 12.5. The Hall–Kier alpha value is -1.57. The summed E-state index contributed by atoms with van der Waals surface area (Å²) in [4.78, 5) is 0. The smallest absolute Gasteiger partial charge is 0.0540 e.